The average molecular weight is 643 g/mol. The Morgan fingerprint density at radius 3 is 1.70 bits per heavy atom. The number of aromatic carboxylic acids is 1. The van der Waals surface area contributed by atoms with Crippen LogP contribution in [0.5, 0.6) is 0 Å². The van der Waals surface area contributed by atoms with Crippen LogP contribution in [0.15, 0.2) is 30.3 Å². The number of rotatable bonds is 6. The molecule has 4 rings (SSSR count). The van der Waals surface area contributed by atoms with Crippen molar-refractivity contribution in [1.29, 1.82) is 0 Å². The Hall–Kier alpha value is -4.30. The number of ether oxygens (including phenoxy) is 1. The molecule has 14 heteroatoms. The number of carbonyl (C=O) groups is 2. The van der Waals surface area contributed by atoms with E-state index >= 15 is 0 Å². The van der Waals surface area contributed by atoms with Crippen molar-refractivity contribution >= 4 is 34.7 Å². The SMILES string of the molecule is CN1CCN(c2ccc(C(=O)O)c([N+](=O)[O-])c2C(C)(C)C)CC1.CN1CCN(c2ccc(C(=O)OC(C)(C)C)c([N+](=O)[O-])c2)CC1. The number of piperazine rings is 2. The minimum absolute atomic E-state index is 0.0113. The van der Waals surface area contributed by atoms with E-state index in [0.717, 1.165) is 63.7 Å². The van der Waals surface area contributed by atoms with Crippen LogP contribution in [0.1, 0.15) is 67.8 Å². The van der Waals surface area contributed by atoms with Gasteiger partial charge in [0.25, 0.3) is 11.4 Å². The number of benzene rings is 2. The second kappa shape index (κ2) is 14.4. The zero-order chi connectivity index (χ0) is 34.6. The van der Waals surface area contributed by atoms with Crippen LogP contribution in [0.4, 0.5) is 22.7 Å². The molecule has 0 saturated carbocycles. The molecular weight excluding hydrogens is 596 g/mol. The second-order valence-electron chi connectivity index (χ2n) is 13.7. The molecule has 2 aromatic carbocycles. The third kappa shape index (κ3) is 9.13. The Labute approximate surface area is 269 Å². The van der Waals surface area contributed by atoms with Gasteiger partial charge in [-0.15, -0.1) is 0 Å². The zero-order valence-electron chi connectivity index (χ0n) is 28.0. The summed E-state index contributed by atoms with van der Waals surface area (Å²) in [6.07, 6.45) is 0. The van der Waals surface area contributed by atoms with Gasteiger partial charge in [0.1, 0.15) is 16.7 Å². The summed E-state index contributed by atoms with van der Waals surface area (Å²) in [7, 11) is 4.09. The largest absolute Gasteiger partial charge is 0.477 e. The molecule has 0 unspecified atom stereocenters. The lowest BCUT2D eigenvalue weighted by Gasteiger charge is -2.37. The van der Waals surface area contributed by atoms with Gasteiger partial charge in [-0.3, -0.25) is 20.2 Å². The maximum atomic E-state index is 12.2. The van der Waals surface area contributed by atoms with Crippen molar-refractivity contribution in [2.45, 2.75) is 52.6 Å². The van der Waals surface area contributed by atoms with Gasteiger partial charge < -0.3 is 29.4 Å². The van der Waals surface area contributed by atoms with Gasteiger partial charge in [-0.05, 0) is 64.5 Å². The summed E-state index contributed by atoms with van der Waals surface area (Å²) in [4.78, 5) is 54.0. The number of carboxylic acids is 1. The van der Waals surface area contributed by atoms with Gasteiger partial charge in [0.2, 0.25) is 0 Å². The van der Waals surface area contributed by atoms with Gasteiger partial charge in [0, 0.05) is 69.8 Å². The molecule has 252 valence electrons. The van der Waals surface area contributed by atoms with Crippen LogP contribution < -0.4 is 9.80 Å². The Balaban J connectivity index is 0.000000250. The van der Waals surface area contributed by atoms with Gasteiger partial charge in [-0.1, -0.05) is 20.8 Å². The highest BCUT2D eigenvalue weighted by Crippen LogP contribution is 2.41. The third-order valence-corrected chi connectivity index (χ3v) is 7.83. The number of likely N-dealkylation sites (N-methyl/N-ethyl adjacent to an activating group) is 2. The normalized spacial score (nSPS) is 16.3. The van der Waals surface area contributed by atoms with E-state index in [1.807, 2.05) is 34.9 Å². The summed E-state index contributed by atoms with van der Waals surface area (Å²) in [6.45, 7) is 17.5. The number of esters is 1. The molecule has 2 aromatic rings. The Bertz CT molecular complexity index is 1450. The van der Waals surface area contributed by atoms with Crippen molar-refractivity contribution in [3.63, 3.8) is 0 Å². The molecule has 0 atom stereocenters. The van der Waals surface area contributed by atoms with E-state index in [1.165, 1.54) is 18.2 Å². The third-order valence-electron chi connectivity index (χ3n) is 7.83. The molecule has 0 spiro atoms. The maximum absolute atomic E-state index is 12.2. The molecule has 2 saturated heterocycles. The van der Waals surface area contributed by atoms with Crippen LogP contribution in [0.25, 0.3) is 0 Å². The van der Waals surface area contributed by atoms with Crippen LogP contribution in [0.2, 0.25) is 0 Å². The van der Waals surface area contributed by atoms with E-state index in [2.05, 4.69) is 19.6 Å². The second-order valence-corrected chi connectivity index (χ2v) is 13.7. The zero-order valence-corrected chi connectivity index (χ0v) is 28.0. The molecule has 0 amide bonds. The van der Waals surface area contributed by atoms with Crippen LogP contribution in [0.3, 0.4) is 0 Å². The van der Waals surface area contributed by atoms with Crippen molar-refractivity contribution in [3.05, 3.63) is 67.3 Å². The Kier molecular flexibility index (Phi) is 11.3. The summed E-state index contributed by atoms with van der Waals surface area (Å²) in [5, 5.41) is 32.3. The van der Waals surface area contributed by atoms with E-state index in [0.29, 0.717) is 5.56 Å². The molecule has 2 aliphatic rings. The first-order valence-electron chi connectivity index (χ1n) is 15.2. The summed E-state index contributed by atoms with van der Waals surface area (Å²) >= 11 is 0. The van der Waals surface area contributed by atoms with E-state index in [4.69, 9.17) is 4.74 Å². The fourth-order valence-corrected chi connectivity index (χ4v) is 5.43. The van der Waals surface area contributed by atoms with Gasteiger partial charge in [0.05, 0.1) is 15.4 Å². The summed E-state index contributed by atoms with van der Waals surface area (Å²) in [6, 6.07) is 7.76. The highest BCUT2D eigenvalue weighted by molar-refractivity contribution is 5.95. The minimum atomic E-state index is -1.27. The average Bonchev–Trinajstić information content (AvgIpc) is 2.95. The van der Waals surface area contributed by atoms with Gasteiger partial charge in [0.15, 0.2) is 0 Å². The first-order chi connectivity index (χ1) is 21.3. The Morgan fingerprint density at radius 2 is 1.26 bits per heavy atom. The standard InChI is InChI=1S/2C16H23N3O4/c1-16(2,3)23-15(20)13-6-5-12(11-14(13)19(21)22)18-9-7-17(4)8-10-18;1-16(2,3)13-12(18-9-7-17(4)8-10-18)6-5-11(15(20)21)14(13)19(22)23/h5-6,11H,7-10H2,1-4H3;5-6H,7-10H2,1-4H3,(H,20,21). The maximum Gasteiger partial charge on any atom is 0.345 e. The van der Waals surface area contributed by atoms with Crippen molar-refractivity contribution in [3.8, 4) is 0 Å². The first-order valence-corrected chi connectivity index (χ1v) is 15.2. The molecule has 46 heavy (non-hydrogen) atoms. The quantitative estimate of drug-likeness (QED) is 0.264. The number of hydrogen-bond donors (Lipinski definition) is 1. The summed E-state index contributed by atoms with van der Waals surface area (Å²) < 4.78 is 5.25. The lowest BCUT2D eigenvalue weighted by Crippen LogP contribution is -2.45. The van der Waals surface area contributed by atoms with Gasteiger partial charge >= 0.3 is 11.9 Å². The summed E-state index contributed by atoms with van der Waals surface area (Å²) in [5.74, 6) is -1.94. The van der Waals surface area contributed by atoms with Crippen molar-refractivity contribution < 1.29 is 29.3 Å². The molecule has 2 aliphatic heterocycles. The number of carbonyl (C=O) groups excluding carboxylic acids is 1. The molecule has 1 N–H and O–H groups in total. The fourth-order valence-electron chi connectivity index (χ4n) is 5.43. The Morgan fingerprint density at radius 1 is 0.761 bits per heavy atom. The van der Waals surface area contributed by atoms with Gasteiger partial charge in [-0.2, -0.15) is 0 Å². The molecule has 0 radical (unpaired) electrons. The molecule has 0 aromatic heterocycles. The highest BCUT2D eigenvalue weighted by atomic mass is 16.6. The summed E-state index contributed by atoms with van der Waals surface area (Å²) in [5.41, 5.74) is 0.0252. The molecule has 0 bridgehead atoms. The van der Waals surface area contributed by atoms with Crippen LogP contribution in [-0.2, 0) is 10.2 Å². The number of nitro benzene ring substituents is 2. The fraction of sp³-hybridized carbons (Fsp3) is 0.562. The van der Waals surface area contributed by atoms with E-state index in [-0.39, 0.29) is 22.5 Å². The molecular formula is C32H46N6O8. The van der Waals surface area contributed by atoms with Gasteiger partial charge in [-0.25, -0.2) is 9.59 Å². The number of nitrogens with zero attached hydrogens (tertiary/aromatic N) is 6. The molecule has 2 heterocycles. The van der Waals surface area contributed by atoms with E-state index in [9.17, 15) is 34.9 Å². The lowest BCUT2D eigenvalue weighted by atomic mass is 9.82. The smallest absolute Gasteiger partial charge is 0.345 e. The number of hydrogen-bond acceptors (Lipinski definition) is 11. The lowest BCUT2D eigenvalue weighted by molar-refractivity contribution is -0.386. The van der Waals surface area contributed by atoms with Crippen molar-refractivity contribution in [2.75, 3.05) is 76.3 Å². The first kappa shape index (κ1) is 36.2. The molecule has 0 aliphatic carbocycles. The van der Waals surface area contributed by atoms with Crippen LogP contribution in [-0.4, -0.2) is 109 Å². The minimum Gasteiger partial charge on any atom is -0.477 e. The highest BCUT2D eigenvalue weighted by Gasteiger charge is 2.35. The monoisotopic (exact) mass is 642 g/mol. The topological polar surface area (TPSA) is 163 Å². The molecule has 14 nitrogen and oxygen atoms in total. The van der Waals surface area contributed by atoms with Crippen molar-refractivity contribution in [1.82, 2.24) is 9.80 Å². The van der Waals surface area contributed by atoms with Crippen LogP contribution in [0, 0.1) is 20.2 Å². The van der Waals surface area contributed by atoms with E-state index < -0.39 is 32.8 Å². The van der Waals surface area contributed by atoms with Crippen LogP contribution >= 0.6 is 0 Å². The number of nitro groups is 2. The predicted octanol–water partition coefficient (Wildman–Crippen LogP) is 4.64. The van der Waals surface area contributed by atoms with E-state index in [1.54, 1.807) is 32.9 Å². The molecule has 2 fully saturated rings. The number of anilines is 2. The predicted molar refractivity (Wildman–Crippen MR) is 176 cm³/mol. The van der Waals surface area contributed by atoms with Crippen molar-refractivity contribution in [2.24, 2.45) is 0 Å². The number of carboxylic acid groups (broad SMARTS) is 1.